The van der Waals surface area contributed by atoms with Crippen molar-refractivity contribution >= 4 is 50.8 Å². The highest BCUT2D eigenvalue weighted by Crippen LogP contribution is 2.40. The van der Waals surface area contributed by atoms with Crippen LogP contribution in [0.2, 0.25) is 5.02 Å². The van der Waals surface area contributed by atoms with Crippen LogP contribution in [0.5, 0.6) is 5.75 Å². The molecular formula is C36H36ClFN4O4S. The number of carbonyl (C=O) groups is 2. The lowest BCUT2D eigenvalue weighted by Crippen LogP contribution is -2.34. The predicted octanol–water partition coefficient (Wildman–Crippen LogP) is 8.05. The molecule has 0 aliphatic heterocycles. The van der Waals surface area contributed by atoms with E-state index in [1.54, 1.807) is 31.4 Å². The van der Waals surface area contributed by atoms with Crippen LogP contribution in [0.15, 0.2) is 83.8 Å². The molecule has 0 aliphatic carbocycles. The van der Waals surface area contributed by atoms with Gasteiger partial charge in [-0.1, -0.05) is 67.1 Å². The Kier molecular flexibility index (Phi) is 10.8. The van der Waals surface area contributed by atoms with E-state index in [4.69, 9.17) is 16.3 Å². The zero-order valence-corrected chi connectivity index (χ0v) is 28.2. The van der Waals surface area contributed by atoms with Gasteiger partial charge in [-0.05, 0) is 61.9 Å². The zero-order valence-electron chi connectivity index (χ0n) is 26.6. The smallest absolute Gasteiger partial charge is 0.405 e. The Morgan fingerprint density at radius 2 is 1.72 bits per heavy atom. The number of aromatic nitrogens is 1. The van der Waals surface area contributed by atoms with E-state index in [9.17, 15) is 14.4 Å². The molecule has 0 aliphatic rings. The van der Waals surface area contributed by atoms with E-state index in [2.05, 4.69) is 15.5 Å². The van der Waals surface area contributed by atoms with Crippen LogP contribution in [0.3, 0.4) is 0 Å². The molecule has 0 atom stereocenters. The summed E-state index contributed by atoms with van der Waals surface area (Å²) < 4.78 is 22.4. The highest BCUT2D eigenvalue weighted by atomic mass is 35.5. The Bertz CT molecular complexity index is 1940. The van der Waals surface area contributed by atoms with Gasteiger partial charge in [-0.15, -0.1) is 11.3 Å². The van der Waals surface area contributed by atoms with Gasteiger partial charge in [0.05, 0.1) is 18.1 Å². The summed E-state index contributed by atoms with van der Waals surface area (Å²) in [6.45, 7) is 6.35. The van der Waals surface area contributed by atoms with Gasteiger partial charge >= 0.3 is 6.09 Å². The maximum atomic E-state index is 15.1. The fraction of sp³-hybridized carbons (Fsp3) is 0.250. The van der Waals surface area contributed by atoms with Crippen molar-refractivity contribution < 1.29 is 18.7 Å². The molecule has 2 heterocycles. The van der Waals surface area contributed by atoms with Crippen molar-refractivity contribution in [2.45, 2.75) is 52.9 Å². The second-order valence-corrected chi connectivity index (χ2v) is 13.0. The molecule has 5 rings (SSSR count). The van der Waals surface area contributed by atoms with Crippen molar-refractivity contribution in [2.75, 3.05) is 12.4 Å². The van der Waals surface area contributed by atoms with Crippen LogP contribution in [0.4, 0.5) is 14.9 Å². The topological polar surface area (TPSA) is 92.7 Å². The normalized spacial score (nSPS) is 11.3. The number of hydrogen-bond acceptors (Lipinski definition) is 6. The third-order valence-corrected chi connectivity index (χ3v) is 9.12. The van der Waals surface area contributed by atoms with Crippen LogP contribution < -0.4 is 20.8 Å². The number of thiophene rings is 1. The van der Waals surface area contributed by atoms with Crippen LogP contribution in [0, 0.1) is 5.82 Å². The van der Waals surface area contributed by atoms with E-state index in [0.717, 1.165) is 21.6 Å². The van der Waals surface area contributed by atoms with Gasteiger partial charge in [-0.2, -0.15) is 0 Å². The van der Waals surface area contributed by atoms with Gasteiger partial charge in [-0.25, -0.2) is 9.18 Å². The Hall–Kier alpha value is -4.51. The number of nitrogens with one attached hydrogen (secondary N) is 2. The standard InChI is InChI=1S/C36H36ClFN4O4S/c1-5-31(43)40-25-16-14-24(15-17-25)34-27(19-41(4)18-23-10-7-6-8-11-23)32-33(44)30(46-36(45)39-22(2)3)21-42(35(32)47-34)20-26-28(37)12-9-13-29(26)38/h6-17,21-22H,5,18-20H2,1-4H3,(H,39,45)(H,40,43). The van der Waals surface area contributed by atoms with E-state index in [-0.39, 0.29) is 34.8 Å². The van der Waals surface area contributed by atoms with Crippen molar-refractivity contribution in [3.8, 4) is 16.2 Å². The molecule has 2 aromatic heterocycles. The molecular weight excluding hydrogens is 639 g/mol. The highest BCUT2D eigenvalue weighted by Gasteiger charge is 2.24. The third kappa shape index (κ3) is 8.08. The molecule has 0 spiro atoms. The Labute approximate surface area is 281 Å². The van der Waals surface area contributed by atoms with E-state index in [1.165, 1.54) is 29.7 Å². The van der Waals surface area contributed by atoms with Crippen LogP contribution in [-0.4, -0.2) is 34.6 Å². The molecule has 47 heavy (non-hydrogen) atoms. The van der Waals surface area contributed by atoms with Gasteiger partial charge in [0.2, 0.25) is 11.3 Å². The monoisotopic (exact) mass is 674 g/mol. The summed E-state index contributed by atoms with van der Waals surface area (Å²) in [5, 5.41) is 6.13. The third-order valence-electron chi connectivity index (χ3n) is 7.45. The number of pyridine rings is 1. The number of amides is 2. The van der Waals surface area contributed by atoms with Gasteiger partial charge < -0.3 is 19.9 Å². The molecule has 0 bridgehead atoms. The summed E-state index contributed by atoms with van der Waals surface area (Å²) >= 11 is 7.83. The summed E-state index contributed by atoms with van der Waals surface area (Å²) in [7, 11) is 1.97. The number of benzene rings is 3. The van der Waals surface area contributed by atoms with E-state index in [1.807, 2.05) is 61.6 Å². The largest absolute Gasteiger partial charge is 0.412 e. The molecule has 3 aromatic carbocycles. The summed E-state index contributed by atoms with van der Waals surface area (Å²) in [4.78, 5) is 42.4. The summed E-state index contributed by atoms with van der Waals surface area (Å²) in [5.41, 5.74) is 3.12. The minimum Gasteiger partial charge on any atom is -0.405 e. The Morgan fingerprint density at radius 3 is 2.38 bits per heavy atom. The minimum atomic E-state index is -0.769. The summed E-state index contributed by atoms with van der Waals surface area (Å²) in [6.07, 6.45) is 1.03. The van der Waals surface area contributed by atoms with Gasteiger partial charge in [-0.3, -0.25) is 14.5 Å². The molecule has 244 valence electrons. The van der Waals surface area contributed by atoms with Crippen LogP contribution in [0.1, 0.15) is 43.9 Å². The lowest BCUT2D eigenvalue weighted by atomic mass is 10.0. The SMILES string of the molecule is CCC(=O)Nc1ccc(-c2sc3c(c2CN(C)Cc2ccccc2)c(=O)c(OC(=O)NC(C)C)cn3Cc2c(F)cccc2Cl)cc1. The lowest BCUT2D eigenvalue weighted by Gasteiger charge is -2.18. The molecule has 11 heteroatoms. The van der Waals surface area contributed by atoms with Gasteiger partial charge in [0.25, 0.3) is 0 Å². The van der Waals surface area contributed by atoms with E-state index < -0.39 is 17.3 Å². The van der Waals surface area contributed by atoms with Gasteiger partial charge in [0.15, 0.2) is 5.75 Å². The quantitative estimate of drug-likeness (QED) is 0.148. The average Bonchev–Trinajstić information content (AvgIpc) is 3.40. The molecule has 0 saturated carbocycles. The molecule has 8 nitrogen and oxygen atoms in total. The summed E-state index contributed by atoms with van der Waals surface area (Å²) in [5.74, 6) is -0.772. The molecule has 0 saturated heterocycles. The number of nitrogens with zero attached hydrogens (tertiary/aromatic N) is 2. The maximum Gasteiger partial charge on any atom is 0.412 e. The molecule has 0 unspecified atom stereocenters. The maximum absolute atomic E-state index is 15.1. The number of ether oxygens (including phenoxy) is 1. The first-order valence-corrected chi connectivity index (χ1v) is 16.5. The molecule has 0 radical (unpaired) electrons. The van der Waals surface area contributed by atoms with Crippen molar-refractivity contribution in [3.63, 3.8) is 0 Å². The number of rotatable bonds is 11. The lowest BCUT2D eigenvalue weighted by molar-refractivity contribution is -0.115. The number of carbonyl (C=O) groups excluding carboxylic acids is 2. The van der Waals surface area contributed by atoms with Crippen LogP contribution in [-0.2, 0) is 24.4 Å². The first kappa shape index (κ1) is 33.8. The fourth-order valence-corrected chi connectivity index (χ4v) is 6.75. The molecule has 5 aromatic rings. The predicted molar refractivity (Wildman–Crippen MR) is 187 cm³/mol. The van der Waals surface area contributed by atoms with Crippen molar-refractivity contribution in [3.05, 3.63) is 117 Å². The van der Waals surface area contributed by atoms with E-state index >= 15 is 4.39 Å². The number of hydrogen-bond donors (Lipinski definition) is 2. The van der Waals surface area contributed by atoms with Crippen LogP contribution in [0.25, 0.3) is 20.7 Å². The fourth-order valence-electron chi connectivity index (χ4n) is 5.24. The molecule has 2 amide bonds. The van der Waals surface area contributed by atoms with Crippen LogP contribution >= 0.6 is 22.9 Å². The van der Waals surface area contributed by atoms with Crippen molar-refractivity contribution in [1.82, 2.24) is 14.8 Å². The highest BCUT2D eigenvalue weighted by molar-refractivity contribution is 7.22. The Balaban J connectivity index is 1.70. The number of anilines is 1. The first-order chi connectivity index (χ1) is 22.5. The van der Waals surface area contributed by atoms with Gasteiger partial charge in [0.1, 0.15) is 10.6 Å². The first-order valence-electron chi connectivity index (χ1n) is 15.3. The van der Waals surface area contributed by atoms with Crippen molar-refractivity contribution in [2.24, 2.45) is 0 Å². The van der Waals surface area contributed by atoms with Gasteiger partial charge in [0, 0.05) is 46.7 Å². The Morgan fingerprint density at radius 1 is 1.00 bits per heavy atom. The minimum absolute atomic E-state index is 0.00825. The molecule has 2 N–H and O–H groups in total. The molecule has 0 fully saturated rings. The van der Waals surface area contributed by atoms with Crippen molar-refractivity contribution in [1.29, 1.82) is 0 Å². The second-order valence-electron chi connectivity index (χ2n) is 11.6. The summed E-state index contributed by atoms with van der Waals surface area (Å²) in [6, 6.07) is 21.7. The number of fused-ring (bicyclic) bond motifs is 1. The number of halogens is 2. The van der Waals surface area contributed by atoms with E-state index in [0.29, 0.717) is 35.4 Å². The zero-order chi connectivity index (χ0) is 33.7. The average molecular weight is 675 g/mol. The second kappa shape index (κ2) is 14.9.